The van der Waals surface area contributed by atoms with E-state index < -0.39 is 0 Å². The van der Waals surface area contributed by atoms with Crippen LogP contribution in [-0.2, 0) is 6.54 Å². The lowest BCUT2D eigenvalue weighted by Gasteiger charge is -2.24. The highest BCUT2D eigenvalue weighted by molar-refractivity contribution is 5.79. The highest BCUT2D eigenvalue weighted by atomic mass is 15.2. The molecular weight excluding hydrogens is 286 g/mol. The van der Waals surface area contributed by atoms with Gasteiger partial charge in [-0.15, -0.1) is 0 Å². The molecule has 0 radical (unpaired) electrons. The van der Waals surface area contributed by atoms with Crippen molar-refractivity contribution in [1.29, 1.82) is 0 Å². The van der Waals surface area contributed by atoms with Crippen LogP contribution in [0.15, 0.2) is 42.9 Å². The number of aromatic amines is 1. The molecule has 0 saturated carbocycles. The molecule has 1 atom stereocenters. The Labute approximate surface area is 135 Å². The zero-order valence-electron chi connectivity index (χ0n) is 13.3. The van der Waals surface area contributed by atoms with Gasteiger partial charge in [-0.25, -0.2) is 4.98 Å². The van der Waals surface area contributed by atoms with Crippen molar-refractivity contribution in [3.63, 3.8) is 0 Å². The Hall–Kier alpha value is -2.40. The summed E-state index contributed by atoms with van der Waals surface area (Å²) >= 11 is 0. The summed E-state index contributed by atoms with van der Waals surface area (Å²) in [5, 5.41) is 4.34. The smallest absolute Gasteiger partial charge is 0.144 e. The van der Waals surface area contributed by atoms with Gasteiger partial charge in [0.25, 0.3) is 0 Å². The van der Waals surface area contributed by atoms with Crippen LogP contribution in [-0.4, -0.2) is 33.4 Å². The number of H-pyrrole nitrogens is 1. The Morgan fingerprint density at radius 1 is 1.30 bits per heavy atom. The van der Waals surface area contributed by atoms with Crippen molar-refractivity contribution in [2.24, 2.45) is 0 Å². The fraction of sp³-hybridized carbons (Fsp3) is 0.333. The highest BCUT2D eigenvalue weighted by Gasteiger charge is 2.27. The molecule has 2 N–H and O–H groups in total. The summed E-state index contributed by atoms with van der Waals surface area (Å²) in [7, 11) is 1.88. The minimum absolute atomic E-state index is 0.357. The number of likely N-dealkylation sites (tertiary alicyclic amines) is 1. The van der Waals surface area contributed by atoms with Crippen LogP contribution < -0.4 is 5.32 Å². The van der Waals surface area contributed by atoms with Gasteiger partial charge < -0.3 is 10.3 Å². The van der Waals surface area contributed by atoms with Crippen LogP contribution >= 0.6 is 0 Å². The van der Waals surface area contributed by atoms with Gasteiger partial charge >= 0.3 is 0 Å². The van der Waals surface area contributed by atoms with E-state index in [0.29, 0.717) is 6.04 Å². The molecule has 1 saturated heterocycles. The molecule has 0 amide bonds. The number of rotatable bonds is 4. The molecule has 1 aromatic carbocycles. The summed E-state index contributed by atoms with van der Waals surface area (Å²) in [5.74, 6) is 0.835. The van der Waals surface area contributed by atoms with Crippen LogP contribution in [0.5, 0.6) is 0 Å². The summed E-state index contributed by atoms with van der Waals surface area (Å²) in [4.78, 5) is 14.8. The van der Waals surface area contributed by atoms with E-state index in [9.17, 15) is 0 Å². The van der Waals surface area contributed by atoms with Gasteiger partial charge in [-0.2, -0.15) is 0 Å². The molecule has 5 heteroatoms. The van der Waals surface area contributed by atoms with E-state index in [0.717, 1.165) is 31.0 Å². The fourth-order valence-corrected chi connectivity index (χ4v) is 3.44. The Bertz CT molecular complexity index is 810. The quantitative estimate of drug-likeness (QED) is 0.776. The average Bonchev–Trinajstić information content (AvgIpc) is 3.23. The van der Waals surface area contributed by atoms with Gasteiger partial charge in [0.15, 0.2) is 0 Å². The van der Waals surface area contributed by atoms with Crippen molar-refractivity contribution in [3.05, 3.63) is 54.1 Å². The van der Waals surface area contributed by atoms with Crippen molar-refractivity contribution in [2.75, 3.05) is 18.9 Å². The van der Waals surface area contributed by atoms with Crippen LogP contribution in [0.25, 0.3) is 10.9 Å². The molecule has 1 aliphatic heterocycles. The normalized spacial score (nSPS) is 18.6. The lowest BCUT2D eigenvalue weighted by Crippen LogP contribution is -2.23. The fourth-order valence-electron chi connectivity index (χ4n) is 3.44. The highest BCUT2D eigenvalue weighted by Crippen LogP contribution is 2.32. The number of aromatic nitrogens is 3. The lowest BCUT2D eigenvalue weighted by molar-refractivity contribution is 0.244. The predicted octanol–water partition coefficient (Wildman–Crippen LogP) is 3.34. The molecule has 1 aliphatic rings. The predicted molar refractivity (Wildman–Crippen MR) is 92.3 cm³/mol. The third-order valence-electron chi connectivity index (χ3n) is 4.62. The molecule has 3 aromatic rings. The summed E-state index contributed by atoms with van der Waals surface area (Å²) < 4.78 is 0. The zero-order chi connectivity index (χ0) is 15.6. The Morgan fingerprint density at radius 2 is 2.26 bits per heavy atom. The van der Waals surface area contributed by atoms with Crippen molar-refractivity contribution in [1.82, 2.24) is 19.9 Å². The van der Waals surface area contributed by atoms with Crippen molar-refractivity contribution in [2.45, 2.75) is 25.4 Å². The molecule has 0 bridgehead atoms. The van der Waals surface area contributed by atoms with E-state index in [1.807, 2.05) is 19.4 Å². The molecule has 0 aliphatic carbocycles. The average molecular weight is 307 g/mol. The molecule has 0 spiro atoms. The number of nitrogens with zero attached hydrogens (tertiary/aromatic N) is 3. The number of hydrogen-bond donors (Lipinski definition) is 2. The Morgan fingerprint density at radius 3 is 3.17 bits per heavy atom. The Balaban J connectivity index is 1.57. The van der Waals surface area contributed by atoms with Gasteiger partial charge in [-0.05, 0) is 42.5 Å². The maximum Gasteiger partial charge on any atom is 0.144 e. The topological polar surface area (TPSA) is 56.8 Å². The van der Waals surface area contributed by atoms with E-state index in [2.05, 4.69) is 49.4 Å². The van der Waals surface area contributed by atoms with Crippen LogP contribution in [0.1, 0.15) is 30.1 Å². The molecule has 4 rings (SSSR count). The third-order valence-corrected chi connectivity index (χ3v) is 4.62. The largest absolute Gasteiger partial charge is 0.372 e. The number of benzene rings is 1. The van der Waals surface area contributed by atoms with E-state index in [1.54, 1.807) is 6.20 Å². The first-order chi connectivity index (χ1) is 11.3. The van der Waals surface area contributed by atoms with Crippen LogP contribution in [0.2, 0.25) is 0 Å². The summed E-state index contributed by atoms with van der Waals surface area (Å²) in [5.41, 5.74) is 3.61. The SMILES string of the molecule is CNc1cncc([C@H]2CCCN2Cc2ccc3cc[nH]c3c2)n1. The molecule has 1 fully saturated rings. The summed E-state index contributed by atoms with van der Waals surface area (Å²) in [6.45, 7) is 2.06. The first-order valence-electron chi connectivity index (χ1n) is 8.13. The zero-order valence-corrected chi connectivity index (χ0v) is 13.3. The van der Waals surface area contributed by atoms with Gasteiger partial charge in [0, 0.05) is 25.3 Å². The van der Waals surface area contributed by atoms with Crippen molar-refractivity contribution in [3.8, 4) is 0 Å². The molecule has 0 unspecified atom stereocenters. The molecule has 23 heavy (non-hydrogen) atoms. The molecule has 5 nitrogen and oxygen atoms in total. The molecule has 118 valence electrons. The second-order valence-corrected chi connectivity index (χ2v) is 6.11. The van der Waals surface area contributed by atoms with Crippen LogP contribution in [0, 0.1) is 0 Å². The summed E-state index contributed by atoms with van der Waals surface area (Å²) in [6, 6.07) is 9.13. The van der Waals surface area contributed by atoms with Crippen molar-refractivity contribution < 1.29 is 0 Å². The van der Waals surface area contributed by atoms with Gasteiger partial charge in [-0.3, -0.25) is 9.88 Å². The number of nitrogens with one attached hydrogen (secondary N) is 2. The van der Waals surface area contributed by atoms with Gasteiger partial charge in [0.2, 0.25) is 0 Å². The number of anilines is 1. The molecule has 3 heterocycles. The van der Waals surface area contributed by atoms with Gasteiger partial charge in [0.05, 0.1) is 24.1 Å². The minimum atomic E-state index is 0.357. The van der Waals surface area contributed by atoms with E-state index in [1.165, 1.54) is 22.9 Å². The second-order valence-electron chi connectivity index (χ2n) is 6.11. The molecule has 2 aromatic heterocycles. The first-order valence-corrected chi connectivity index (χ1v) is 8.13. The van der Waals surface area contributed by atoms with Crippen LogP contribution in [0.3, 0.4) is 0 Å². The standard InChI is InChI=1S/C18H21N5/c1-19-18-11-20-10-16(22-18)17-3-2-8-23(17)12-13-4-5-14-6-7-21-15(14)9-13/h4-7,9-11,17,21H,2-3,8,12H2,1H3,(H,19,22)/t17-/m1/s1. The monoisotopic (exact) mass is 307 g/mol. The van der Waals surface area contributed by atoms with Crippen molar-refractivity contribution >= 4 is 16.7 Å². The van der Waals surface area contributed by atoms with Gasteiger partial charge in [0.1, 0.15) is 5.82 Å². The molecular formula is C18H21N5. The number of fused-ring (bicyclic) bond motifs is 1. The Kier molecular flexibility index (Phi) is 3.71. The van der Waals surface area contributed by atoms with E-state index in [4.69, 9.17) is 0 Å². The van der Waals surface area contributed by atoms with E-state index in [-0.39, 0.29) is 0 Å². The maximum absolute atomic E-state index is 4.69. The van der Waals surface area contributed by atoms with Gasteiger partial charge in [-0.1, -0.05) is 12.1 Å². The lowest BCUT2D eigenvalue weighted by atomic mass is 10.1. The second kappa shape index (κ2) is 6.01. The minimum Gasteiger partial charge on any atom is -0.372 e. The van der Waals surface area contributed by atoms with Crippen LogP contribution in [0.4, 0.5) is 5.82 Å². The van der Waals surface area contributed by atoms with E-state index >= 15 is 0 Å². The number of hydrogen-bond acceptors (Lipinski definition) is 4. The maximum atomic E-state index is 4.69. The third kappa shape index (κ3) is 2.80. The first kappa shape index (κ1) is 14.2. The summed E-state index contributed by atoms with van der Waals surface area (Å²) in [6.07, 6.45) is 8.01.